The van der Waals surface area contributed by atoms with Gasteiger partial charge in [-0.3, -0.25) is 0 Å². The zero-order valence-corrected chi connectivity index (χ0v) is 34.3. The van der Waals surface area contributed by atoms with E-state index < -0.39 is 8.07 Å². The summed E-state index contributed by atoms with van der Waals surface area (Å²) in [7, 11) is -1.86. The molecule has 0 atom stereocenters. The molecule has 10 rings (SSSR count). The monoisotopic (exact) mass is 772 g/mol. The average molecular weight is 773 g/mol. The van der Waals surface area contributed by atoms with Crippen molar-refractivity contribution in [3.05, 3.63) is 231 Å². The van der Waals surface area contributed by atoms with Gasteiger partial charge in [0, 0.05) is 34.1 Å². The standard InChI is InChI=1S/C56H44N2Si/c1-59(2)55-25-11-9-23-53(55)58(54-24-10-12-26-56(54)59)52-22-14-21-48(40-52)45-31-37-51(38-32-45)57(49-33-27-43(28-34-49)41-15-5-3-6-16-41)50-35-29-44(30-36-50)47-20-13-19-46(39-47)42-17-7-4-8-18-42/h3-40H,1-2H3. The van der Waals surface area contributed by atoms with Crippen molar-refractivity contribution in [1.29, 1.82) is 0 Å². The van der Waals surface area contributed by atoms with Crippen molar-refractivity contribution in [3.63, 3.8) is 0 Å². The molecule has 0 spiro atoms. The van der Waals surface area contributed by atoms with Gasteiger partial charge < -0.3 is 9.80 Å². The first kappa shape index (κ1) is 36.2. The van der Waals surface area contributed by atoms with Crippen LogP contribution in [-0.2, 0) is 0 Å². The molecule has 59 heavy (non-hydrogen) atoms. The maximum atomic E-state index is 2.47. The highest BCUT2D eigenvalue weighted by atomic mass is 28.3. The Morgan fingerprint density at radius 3 is 1.12 bits per heavy atom. The molecule has 0 saturated carbocycles. The SMILES string of the molecule is C[Si]1(C)c2ccccc2N(c2cccc(-c3ccc(N(c4ccc(-c5ccccc5)cc4)c4ccc(-c5cccc(-c6ccccc6)c5)cc4)cc3)c2)c2ccccc21. The van der Waals surface area contributed by atoms with E-state index >= 15 is 0 Å². The predicted octanol–water partition coefficient (Wildman–Crippen LogP) is 14.4. The van der Waals surface area contributed by atoms with Crippen LogP contribution in [0.25, 0.3) is 44.5 Å². The Hall–Kier alpha value is -7.20. The first-order valence-electron chi connectivity index (χ1n) is 20.4. The van der Waals surface area contributed by atoms with Gasteiger partial charge >= 0.3 is 0 Å². The number of para-hydroxylation sites is 2. The van der Waals surface area contributed by atoms with E-state index in [1.807, 2.05) is 0 Å². The van der Waals surface area contributed by atoms with Gasteiger partial charge in [0.05, 0.1) is 0 Å². The molecular weight excluding hydrogens is 729 g/mol. The maximum absolute atomic E-state index is 2.47. The number of anilines is 6. The molecule has 0 fully saturated rings. The summed E-state index contributed by atoms with van der Waals surface area (Å²) < 4.78 is 0. The molecule has 3 heteroatoms. The molecule has 0 bridgehead atoms. The third-order valence-electron chi connectivity index (χ3n) is 11.9. The highest BCUT2D eigenvalue weighted by molar-refractivity contribution is 7.02. The Balaban J connectivity index is 1.00. The zero-order chi connectivity index (χ0) is 39.8. The minimum Gasteiger partial charge on any atom is -0.311 e. The fourth-order valence-corrected chi connectivity index (χ4v) is 11.8. The molecule has 9 aromatic carbocycles. The first-order chi connectivity index (χ1) is 29.0. The lowest BCUT2D eigenvalue weighted by Gasteiger charge is -2.41. The molecule has 0 aromatic heterocycles. The number of benzene rings is 9. The number of rotatable bonds is 8. The van der Waals surface area contributed by atoms with E-state index in [-0.39, 0.29) is 0 Å². The molecule has 2 nitrogen and oxygen atoms in total. The number of hydrogen-bond acceptors (Lipinski definition) is 2. The Labute approximate surface area is 349 Å². The molecule has 0 aliphatic carbocycles. The van der Waals surface area contributed by atoms with Crippen molar-refractivity contribution in [2.45, 2.75) is 13.1 Å². The Morgan fingerprint density at radius 1 is 0.305 bits per heavy atom. The molecule has 1 aliphatic rings. The first-order valence-corrected chi connectivity index (χ1v) is 23.4. The van der Waals surface area contributed by atoms with Crippen molar-refractivity contribution in [3.8, 4) is 44.5 Å². The van der Waals surface area contributed by atoms with Crippen LogP contribution in [0.2, 0.25) is 13.1 Å². The van der Waals surface area contributed by atoms with E-state index in [0.29, 0.717) is 0 Å². The van der Waals surface area contributed by atoms with E-state index in [0.717, 1.165) is 17.1 Å². The van der Waals surface area contributed by atoms with Gasteiger partial charge in [0.1, 0.15) is 8.07 Å². The minimum atomic E-state index is -1.86. The molecular formula is C56H44N2Si. The third kappa shape index (κ3) is 6.86. The fourth-order valence-electron chi connectivity index (χ4n) is 8.77. The minimum absolute atomic E-state index is 1.10. The molecule has 9 aromatic rings. The van der Waals surface area contributed by atoms with Crippen molar-refractivity contribution in [1.82, 2.24) is 0 Å². The summed E-state index contributed by atoms with van der Waals surface area (Å²) in [5.41, 5.74) is 16.7. The van der Waals surface area contributed by atoms with Gasteiger partial charge in [-0.05, 0) is 122 Å². The van der Waals surface area contributed by atoms with E-state index in [2.05, 4.69) is 253 Å². The lowest BCUT2D eigenvalue weighted by Crippen LogP contribution is -2.58. The van der Waals surface area contributed by atoms with Gasteiger partial charge in [-0.25, -0.2) is 0 Å². The lowest BCUT2D eigenvalue weighted by atomic mass is 9.98. The van der Waals surface area contributed by atoms with Crippen molar-refractivity contribution >= 4 is 52.6 Å². The summed E-state index contributed by atoms with van der Waals surface area (Å²) in [6.07, 6.45) is 0. The van der Waals surface area contributed by atoms with Gasteiger partial charge in [-0.2, -0.15) is 0 Å². The third-order valence-corrected chi connectivity index (χ3v) is 15.4. The zero-order valence-electron chi connectivity index (χ0n) is 33.3. The van der Waals surface area contributed by atoms with Crippen molar-refractivity contribution in [2.24, 2.45) is 0 Å². The second kappa shape index (κ2) is 15.3. The quantitative estimate of drug-likeness (QED) is 0.142. The maximum Gasteiger partial charge on any atom is 0.117 e. The fraction of sp³-hybridized carbons (Fsp3) is 0.0357. The van der Waals surface area contributed by atoms with Gasteiger partial charge in [0.25, 0.3) is 0 Å². The molecule has 0 N–H and O–H groups in total. The molecule has 0 saturated heterocycles. The Kier molecular flexibility index (Phi) is 9.36. The lowest BCUT2D eigenvalue weighted by molar-refractivity contribution is 1.28. The summed E-state index contributed by atoms with van der Waals surface area (Å²) in [4.78, 5) is 4.82. The van der Waals surface area contributed by atoms with Crippen LogP contribution in [0.5, 0.6) is 0 Å². The van der Waals surface area contributed by atoms with Gasteiger partial charge in [0.2, 0.25) is 0 Å². The largest absolute Gasteiger partial charge is 0.311 e. The summed E-state index contributed by atoms with van der Waals surface area (Å²) in [5.74, 6) is 0. The summed E-state index contributed by atoms with van der Waals surface area (Å²) in [6.45, 7) is 4.94. The highest BCUT2D eigenvalue weighted by Crippen LogP contribution is 2.41. The van der Waals surface area contributed by atoms with E-state index in [9.17, 15) is 0 Å². The average Bonchev–Trinajstić information content (AvgIpc) is 3.31. The molecule has 282 valence electrons. The summed E-state index contributed by atoms with van der Waals surface area (Å²) in [5, 5.41) is 2.94. The highest BCUT2D eigenvalue weighted by Gasteiger charge is 2.38. The van der Waals surface area contributed by atoms with Gasteiger partial charge in [0.15, 0.2) is 0 Å². The molecule has 1 heterocycles. The van der Waals surface area contributed by atoms with Crippen LogP contribution in [-0.4, -0.2) is 8.07 Å². The van der Waals surface area contributed by atoms with Crippen LogP contribution >= 0.6 is 0 Å². The van der Waals surface area contributed by atoms with Crippen LogP contribution in [0.4, 0.5) is 34.1 Å². The second-order valence-corrected chi connectivity index (χ2v) is 20.2. The van der Waals surface area contributed by atoms with Crippen LogP contribution in [0, 0.1) is 0 Å². The summed E-state index contributed by atoms with van der Waals surface area (Å²) >= 11 is 0. The topological polar surface area (TPSA) is 6.48 Å². The number of nitrogens with zero attached hydrogens (tertiary/aromatic N) is 2. The van der Waals surface area contributed by atoms with Gasteiger partial charge in [-0.1, -0.05) is 177 Å². The Bertz CT molecular complexity index is 2830. The predicted molar refractivity (Wildman–Crippen MR) is 254 cm³/mol. The van der Waals surface area contributed by atoms with E-state index in [1.54, 1.807) is 0 Å². The van der Waals surface area contributed by atoms with E-state index in [1.165, 1.54) is 71.9 Å². The number of fused-ring (bicyclic) bond motifs is 2. The Morgan fingerprint density at radius 2 is 0.644 bits per heavy atom. The molecule has 0 amide bonds. The molecule has 0 radical (unpaired) electrons. The van der Waals surface area contributed by atoms with Crippen molar-refractivity contribution < 1.29 is 0 Å². The molecule has 1 aliphatic heterocycles. The van der Waals surface area contributed by atoms with Crippen LogP contribution < -0.4 is 20.2 Å². The van der Waals surface area contributed by atoms with Crippen LogP contribution in [0.3, 0.4) is 0 Å². The van der Waals surface area contributed by atoms with Crippen molar-refractivity contribution in [2.75, 3.05) is 9.80 Å². The number of hydrogen-bond donors (Lipinski definition) is 0. The normalized spacial score (nSPS) is 12.7. The smallest absolute Gasteiger partial charge is 0.117 e. The summed E-state index contributed by atoms with van der Waals surface area (Å²) in [6, 6.07) is 83.9. The van der Waals surface area contributed by atoms with E-state index in [4.69, 9.17) is 0 Å². The van der Waals surface area contributed by atoms with Gasteiger partial charge in [-0.15, -0.1) is 0 Å². The van der Waals surface area contributed by atoms with Crippen LogP contribution in [0.15, 0.2) is 231 Å². The second-order valence-electron chi connectivity index (χ2n) is 15.8. The molecule has 0 unspecified atom stereocenters. The van der Waals surface area contributed by atoms with Crippen LogP contribution in [0.1, 0.15) is 0 Å².